The molecule has 1 heterocycles. The summed E-state index contributed by atoms with van der Waals surface area (Å²) in [5.41, 5.74) is 3.77. The Bertz CT molecular complexity index is 1220. The van der Waals surface area contributed by atoms with Gasteiger partial charge in [0.05, 0.1) is 24.8 Å². The van der Waals surface area contributed by atoms with Gasteiger partial charge in [0.2, 0.25) is 0 Å². The number of rotatable bonds is 12. The minimum absolute atomic E-state index is 0.140. The molecule has 1 atom stereocenters. The number of carboxylic acid groups (broad SMARTS) is 1. The van der Waals surface area contributed by atoms with Gasteiger partial charge in [-0.05, 0) is 33.1 Å². The second kappa shape index (κ2) is 13.9. The SMILES string of the molecule is O=C(O)[C@H](CO)NCc1cc(Cl)c(OCc2cccc(-c3ccccc3)c2Br)cc1OCN1CCOCC1. The van der Waals surface area contributed by atoms with Gasteiger partial charge in [-0.2, -0.15) is 0 Å². The standard InChI is InChI=1S/C28H30BrClN2O6/c29-27-20(7-4-8-22(27)19-5-2-1-3-6-19)17-37-26-14-25(38-18-32-9-11-36-12-10-32)21(13-23(26)30)15-31-24(16-33)28(34)35/h1-8,13-14,24,31,33H,9-12,15-18H2,(H,34,35)/t24-/m0/s1. The highest BCUT2D eigenvalue weighted by Gasteiger charge is 2.19. The number of aliphatic carboxylic acids is 1. The topological polar surface area (TPSA) is 100 Å². The van der Waals surface area contributed by atoms with Crippen LogP contribution in [0.15, 0.2) is 65.1 Å². The summed E-state index contributed by atoms with van der Waals surface area (Å²) >= 11 is 10.3. The third-order valence-electron chi connectivity index (χ3n) is 6.19. The van der Waals surface area contributed by atoms with Crippen molar-refractivity contribution in [2.24, 2.45) is 0 Å². The molecule has 0 amide bonds. The number of aliphatic hydroxyl groups is 1. The van der Waals surface area contributed by atoms with Gasteiger partial charge in [0.15, 0.2) is 0 Å². The molecule has 1 aliphatic heterocycles. The number of nitrogens with one attached hydrogen (secondary N) is 1. The van der Waals surface area contributed by atoms with Gasteiger partial charge < -0.3 is 24.4 Å². The van der Waals surface area contributed by atoms with E-state index in [0.29, 0.717) is 42.0 Å². The summed E-state index contributed by atoms with van der Waals surface area (Å²) in [6.45, 7) is 2.99. The summed E-state index contributed by atoms with van der Waals surface area (Å²) in [5.74, 6) is -0.179. The number of nitrogens with zero attached hydrogens (tertiary/aromatic N) is 1. The summed E-state index contributed by atoms with van der Waals surface area (Å²) in [6, 6.07) is 18.4. The van der Waals surface area contributed by atoms with Crippen LogP contribution in [0.1, 0.15) is 11.1 Å². The summed E-state index contributed by atoms with van der Waals surface area (Å²) in [5, 5.41) is 21.8. The maximum absolute atomic E-state index is 11.3. The van der Waals surface area contributed by atoms with Gasteiger partial charge in [0, 0.05) is 41.3 Å². The van der Waals surface area contributed by atoms with E-state index in [1.165, 1.54) is 0 Å². The predicted octanol–water partition coefficient (Wildman–Crippen LogP) is 4.55. The number of halogens is 2. The highest BCUT2D eigenvalue weighted by Crippen LogP contribution is 2.36. The lowest BCUT2D eigenvalue weighted by atomic mass is 10.0. The molecule has 1 fully saturated rings. The first kappa shape index (κ1) is 28.4. The smallest absolute Gasteiger partial charge is 0.323 e. The normalized spacial score (nSPS) is 14.7. The first-order chi connectivity index (χ1) is 18.5. The fraction of sp³-hybridized carbons (Fsp3) is 0.321. The van der Waals surface area contributed by atoms with Gasteiger partial charge in [-0.25, -0.2) is 0 Å². The number of aliphatic hydroxyl groups excluding tert-OH is 1. The minimum Gasteiger partial charge on any atom is -0.487 e. The summed E-state index contributed by atoms with van der Waals surface area (Å²) < 4.78 is 18.6. The molecule has 10 heteroatoms. The van der Waals surface area contributed by atoms with Crippen molar-refractivity contribution < 1.29 is 29.2 Å². The molecule has 0 aromatic heterocycles. The Morgan fingerprint density at radius 3 is 2.53 bits per heavy atom. The highest BCUT2D eigenvalue weighted by molar-refractivity contribution is 9.10. The molecule has 0 radical (unpaired) electrons. The van der Waals surface area contributed by atoms with Gasteiger partial charge in [-0.1, -0.05) is 60.1 Å². The zero-order valence-corrected chi connectivity index (χ0v) is 23.1. The van der Waals surface area contributed by atoms with Gasteiger partial charge in [0.25, 0.3) is 0 Å². The van der Waals surface area contributed by atoms with E-state index in [2.05, 4.69) is 38.3 Å². The first-order valence-corrected chi connectivity index (χ1v) is 13.4. The lowest BCUT2D eigenvalue weighted by molar-refractivity contribution is -0.140. The Balaban J connectivity index is 1.53. The number of carboxylic acids is 1. The first-order valence-electron chi connectivity index (χ1n) is 12.2. The molecule has 3 N–H and O–H groups in total. The van der Waals surface area contributed by atoms with Crippen molar-refractivity contribution in [2.75, 3.05) is 39.6 Å². The fourth-order valence-corrected chi connectivity index (χ4v) is 4.85. The average molecular weight is 606 g/mol. The number of benzene rings is 3. The van der Waals surface area contributed by atoms with Crippen LogP contribution in [0.25, 0.3) is 11.1 Å². The maximum Gasteiger partial charge on any atom is 0.323 e. The van der Waals surface area contributed by atoms with E-state index in [0.717, 1.165) is 34.3 Å². The van der Waals surface area contributed by atoms with Gasteiger partial charge >= 0.3 is 5.97 Å². The number of carbonyl (C=O) groups is 1. The lowest BCUT2D eigenvalue weighted by Gasteiger charge is -2.27. The van der Waals surface area contributed by atoms with Crippen LogP contribution in [-0.2, 0) is 22.7 Å². The van der Waals surface area contributed by atoms with Crippen LogP contribution in [-0.4, -0.2) is 66.8 Å². The average Bonchev–Trinajstić information content (AvgIpc) is 2.93. The molecule has 1 aliphatic rings. The Kier molecular flexibility index (Phi) is 10.4. The van der Waals surface area contributed by atoms with Crippen molar-refractivity contribution in [3.8, 4) is 22.6 Å². The molecule has 3 aromatic rings. The van der Waals surface area contributed by atoms with Crippen LogP contribution in [0.5, 0.6) is 11.5 Å². The van der Waals surface area contributed by atoms with Crippen LogP contribution in [0.2, 0.25) is 5.02 Å². The summed E-state index contributed by atoms with van der Waals surface area (Å²) in [6.07, 6.45) is 0. The van der Waals surface area contributed by atoms with Crippen molar-refractivity contribution in [1.82, 2.24) is 10.2 Å². The molecule has 4 rings (SSSR count). The van der Waals surface area contributed by atoms with Crippen LogP contribution >= 0.6 is 27.5 Å². The van der Waals surface area contributed by atoms with Crippen LogP contribution in [0.3, 0.4) is 0 Å². The molecular formula is C28H30BrClN2O6. The van der Waals surface area contributed by atoms with Crippen LogP contribution < -0.4 is 14.8 Å². The molecule has 3 aromatic carbocycles. The predicted molar refractivity (Wildman–Crippen MR) is 149 cm³/mol. The van der Waals surface area contributed by atoms with Gasteiger partial charge in [0.1, 0.15) is 30.9 Å². The van der Waals surface area contributed by atoms with Crippen molar-refractivity contribution >= 4 is 33.5 Å². The quantitative estimate of drug-likeness (QED) is 0.277. The Labute approximate surface area is 235 Å². The zero-order valence-electron chi connectivity index (χ0n) is 20.7. The Hall–Kier alpha value is -2.66. The lowest BCUT2D eigenvalue weighted by Crippen LogP contribution is -2.40. The number of ether oxygens (including phenoxy) is 3. The molecule has 202 valence electrons. The van der Waals surface area contributed by atoms with E-state index in [1.54, 1.807) is 12.1 Å². The Morgan fingerprint density at radius 2 is 1.82 bits per heavy atom. The van der Waals surface area contributed by atoms with E-state index in [-0.39, 0.29) is 13.2 Å². The third kappa shape index (κ3) is 7.47. The molecule has 0 unspecified atom stereocenters. The van der Waals surface area contributed by atoms with E-state index in [1.807, 2.05) is 36.4 Å². The summed E-state index contributed by atoms with van der Waals surface area (Å²) in [7, 11) is 0. The van der Waals surface area contributed by atoms with Crippen LogP contribution in [0, 0.1) is 0 Å². The van der Waals surface area contributed by atoms with Crippen LogP contribution in [0.4, 0.5) is 0 Å². The van der Waals surface area contributed by atoms with E-state index in [9.17, 15) is 15.0 Å². The fourth-order valence-electron chi connectivity index (χ4n) is 4.00. The molecule has 0 spiro atoms. The Morgan fingerprint density at radius 1 is 1.05 bits per heavy atom. The van der Waals surface area contributed by atoms with Crippen molar-refractivity contribution in [2.45, 2.75) is 19.2 Å². The third-order valence-corrected chi connectivity index (χ3v) is 7.42. The second-order valence-electron chi connectivity index (χ2n) is 8.78. The van der Waals surface area contributed by atoms with Gasteiger partial charge in [-0.3, -0.25) is 15.0 Å². The van der Waals surface area contributed by atoms with Crippen molar-refractivity contribution in [3.63, 3.8) is 0 Å². The zero-order chi connectivity index (χ0) is 26.9. The molecule has 0 bridgehead atoms. The monoisotopic (exact) mass is 604 g/mol. The molecular weight excluding hydrogens is 576 g/mol. The van der Waals surface area contributed by atoms with E-state index < -0.39 is 18.6 Å². The minimum atomic E-state index is -1.14. The molecule has 1 saturated heterocycles. The number of hydrogen-bond acceptors (Lipinski definition) is 7. The summed E-state index contributed by atoms with van der Waals surface area (Å²) in [4.78, 5) is 13.5. The molecule has 0 saturated carbocycles. The van der Waals surface area contributed by atoms with E-state index >= 15 is 0 Å². The number of morpholine rings is 1. The van der Waals surface area contributed by atoms with Crippen molar-refractivity contribution in [1.29, 1.82) is 0 Å². The van der Waals surface area contributed by atoms with Crippen molar-refractivity contribution in [3.05, 3.63) is 81.3 Å². The second-order valence-corrected chi connectivity index (χ2v) is 9.98. The highest BCUT2D eigenvalue weighted by atomic mass is 79.9. The molecule has 8 nitrogen and oxygen atoms in total. The molecule has 38 heavy (non-hydrogen) atoms. The largest absolute Gasteiger partial charge is 0.487 e. The molecule has 0 aliphatic carbocycles. The van der Waals surface area contributed by atoms with Gasteiger partial charge in [-0.15, -0.1) is 0 Å². The number of hydrogen-bond donors (Lipinski definition) is 3. The maximum atomic E-state index is 11.3. The van der Waals surface area contributed by atoms with E-state index in [4.69, 9.17) is 25.8 Å².